The van der Waals surface area contributed by atoms with Crippen molar-refractivity contribution in [3.63, 3.8) is 0 Å². The topological polar surface area (TPSA) is 307 Å². The molecule has 19 nitrogen and oxygen atoms in total. The fraction of sp³-hybridized carbons (Fsp3) is 0.857. The van der Waals surface area contributed by atoms with Crippen LogP contribution in [-0.2, 0) is 33.2 Å². The molecule has 68 heavy (non-hydrogen) atoms. The Hall–Kier alpha value is -1.99. The number of amides is 1. The molecule has 1 amide bonds. The molecule has 0 radical (unpaired) electrons. The van der Waals surface area contributed by atoms with E-state index in [9.17, 15) is 61.0 Å². The van der Waals surface area contributed by atoms with Crippen LogP contribution in [-0.4, -0.2) is 193 Å². The van der Waals surface area contributed by atoms with Gasteiger partial charge in [-0.05, 0) is 44.9 Å². The molecule has 0 saturated carbocycles. The smallest absolute Gasteiger partial charge is 0.220 e. The first-order chi connectivity index (χ1) is 32.8. The summed E-state index contributed by atoms with van der Waals surface area (Å²) in [7, 11) is 0. The number of nitrogens with one attached hydrogen (secondary N) is 1. The summed E-state index contributed by atoms with van der Waals surface area (Å²) in [6.45, 7) is 1.57. The van der Waals surface area contributed by atoms with Gasteiger partial charge < -0.3 is 89.9 Å². The minimum absolute atomic E-state index is 0.245. The minimum Gasteiger partial charge on any atom is -0.394 e. The van der Waals surface area contributed by atoms with Gasteiger partial charge in [-0.15, -0.1) is 0 Å². The van der Waals surface area contributed by atoms with Crippen molar-refractivity contribution in [2.75, 3.05) is 26.4 Å². The Morgan fingerprint density at radius 3 is 1.59 bits per heavy atom. The van der Waals surface area contributed by atoms with E-state index in [0.717, 1.165) is 83.5 Å². The SMILES string of the molecule is CC/C=C\C/C=C\C/C=C\CCCCCCCC(=O)NC(COC1OC(CO)C(OC2OC(CO)C(OC3OC(CO)C(O)C(O)C3O)C(O)C2O)C(O)C1O)C(O)CCCCCCCCCC. The summed E-state index contributed by atoms with van der Waals surface area (Å²) in [5, 5.41) is 119. The molecule has 0 bridgehead atoms. The van der Waals surface area contributed by atoms with Crippen molar-refractivity contribution < 1.29 is 89.4 Å². The predicted molar refractivity (Wildman–Crippen MR) is 249 cm³/mol. The third-order valence-electron chi connectivity index (χ3n) is 12.7. The van der Waals surface area contributed by atoms with Crippen LogP contribution in [0.25, 0.3) is 0 Å². The lowest BCUT2D eigenvalue weighted by Gasteiger charge is -2.48. The average Bonchev–Trinajstić information content (AvgIpc) is 3.33. The van der Waals surface area contributed by atoms with Crippen molar-refractivity contribution in [3.05, 3.63) is 36.5 Å². The molecule has 0 spiro atoms. The largest absolute Gasteiger partial charge is 0.394 e. The fourth-order valence-electron chi connectivity index (χ4n) is 8.50. The van der Waals surface area contributed by atoms with Gasteiger partial charge in [0.25, 0.3) is 0 Å². The van der Waals surface area contributed by atoms with Crippen LogP contribution in [0.15, 0.2) is 36.5 Å². The standard InChI is InChI=1S/C49H87NO18/c1-3-5-7-9-11-13-14-15-16-17-18-19-21-23-25-27-37(55)50-32(33(54)26-24-22-20-12-10-8-6-4-2)31-63-47-43(61)40(58)45(35(29-52)65-47)68-49-44(62)41(59)46(36(30-53)66-49)67-48-42(60)39(57)38(56)34(28-51)64-48/h5,7,11,13,15-16,32-36,38-49,51-54,56-62H,3-4,6,8-10,12,14,17-31H2,1-2H3,(H,50,55)/b7-5-,13-11-,16-15-. The number of rotatable bonds is 34. The van der Waals surface area contributed by atoms with Gasteiger partial charge in [0, 0.05) is 6.42 Å². The van der Waals surface area contributed by atoms with Crippen LogP contribution in [0, 0.1) is 0 Å². The maximum absolute atomic E-state index is 13.2. The zero-order valence-electron chi connectivity index (χ0n) is 40.3. The van der Waals surface area contributed by atoms with Crippen LogP contribution in [0.1, 0.15) is 136 Å². The minimum atomic E-state index is -1.97. The molecule has 3 heterocycles. The van der Waals surface area contributed by atoms with Crippen molar-refractivity contribution in [3.8, 4) is 0 Å². The highest BCUT2D eigenvalue weighted by atomic mass is 16.8. The van der Waals surface area contributed by atoms with Gasteiger partial charge in [0.15, 0.2) is 18.9 Å². The summed E-state index contributed by atoms with van der Waals surface area (Å²) in [6.07, 6.45) is 4.21. The molecule has 0 aliphatic carbocycles. The van der Waals surface area contributed by atoms with Gasteiger partial charge in [0.1, 0.15) is 73.2 Å². The van der Waals surface area contributed by atoms with E-state index in [1.807, 2.05) is 0 Å². The number of hydrogen-bond acceptors (Lipinski definition) is 18. The third kappa shape index (κ3) is 20.3. The average molecular weight is 978 g/mol. The fourth-order valence-corrected chi connectivity index (χ4v) is 8.50. The lowest BCUT2D eigenvalue weighted by Crippen LogP contribution is -2.66. The van der Waals surface area contributed by atoms with Crippen molar-refractivity contribution in [1.82, 2.24) is 5.32 Å². The highest BCUT2D eigenvalue weighted by molar-refractivity contribution is 5.76. The number of hydrogen-bond donors (Lipinski definition) is 12. The quantitative estimate of drug-likeness (QED) is 0.0321. The molecule has 3 aliphatic heterocycles. The molecule has 17 atom stereocenters. The molecule has 0 aromatic carbocycles. The Bertz CT molecular complexity index is 1400. The molecule has 3 rings (SSSR count). The van der Waals surface area contributed by atoms with E-state index in [1.54, 1.807) is 0 Å². The summed E-state index contributed by atoms with van der Waals surface area (Å²) >= 11 is 0. The second-order valence-electron chi connectivity index (χ2n) is 18.3. The van der Waals surface area contributed by atoms with Gasteiger partial charge in [-0.25, -0.2) is 0 Å². The number of carbonyl (C=O) groups excluding carboxylic acids is 1. The van der Waals surface area contributed by atoms with Crippen molar-refractivity contribution >= 4 is 5.91 Å². The van der Waals surface area contributed by atoms with Crippen LogP contribution in [0.4, 0.5) is 0 Å². The molecule has 3 aliphatic rings. The van der Waals surface area contributed by atoms with Crippen LogP contribution >= 0.6 is 0 Å². The highest BCUT2D eigenvalue weighted by Gasteiger charge is 2.53. The van der Waals surface area contributed by atoms with Gasteiger partial charge >= 0.3 is 0 Å². The normalized spacial score (nSPS) is 33.5. The molecule has 0 aromatic rings. The van der Waals surface area contributed by atoms with E-state index in [4.69, 9.17) is 28.4 Å². The first kappa shape index (κ1) is 60.3. The second-order valence-corrected chi connectivity index (χ2v) is 18.3. The number of allylic oxidation sites excluding steroid dienone is 6. The van der Waals surface area contributed by atoms with E-state index in [1.165, 1.54) is 19.3 Å². The summed E-state index contributed by atoms with van der Waals surface area (Å²) in [5.74, 6) is -0.267. The molecular formula is C49H87NO18. The molecule has 3 saturated heterocycles. The number of aliphatic hydroxyl groups excluding tert-OH is 11. The molecule has 3 fully saturated rings. The summed E-state index contributed by atoms with van der Waals surface area (Å²) in [6, 6.07) is -0.892. The lowest BCUT2D eigenvalue weighted by atomic mass is 9.96. The summed E-state index contributed by atoms with van der Waals surface area (Å²) in [5.41, 5.74) is 0. The van der Waals surface area contributed by atoms with Crippen LogP contribution in [0.3, 0.4) is 0 Å². The molecular weight excluding hydrogens is 891 g/mol. The Balaban J connectivity index is 1.54. The molecule has 0 aromatic heterocycles. The first-order valence-electron chi connectivity index (χ1n) is 25.2. The Labute approximate surface area is 402 Å². The van der Waals surface area contributed by atoms with Gasteiger partial charge in [-0.1, -0.05) is 121 Å². The van der Waals surface area contributed by atoms with E-state index in [-0.39, 0.29) is 18.9 Å². The monoisotopic (exact) mass is 978 g/mol. The van der Waals surface area contributed by atoms with Crippen molar-refractivity contribution in [2.45, 2.75) is 240 Å². The summed E-state index contributed by atoms with van der Waals surface area (Å²) in [4.78, 5) is 13.2. The Morgan fingerprint density at radius 1 is 0.544 bits per heavy atom. The molecule has 12 N–H and O–H groups in total. The van der Waals surface area contributed by atoms with Gasteiger partial charge in [0.05, 0.1) is 38.6 Å². The Kier molecular flexibility index (Phi) is 30.5. The van der Waals surface area contributed by atoms with Gasteiger partial charge in [0.2, 0.25) is 5.91 Å². The number of carbonyl (C=O) groups is 1. The van der Waals surface area contributed by atoms with Crippen molar-refractivity contribution in [1.29, 1.82) is 0 Å². The lowest BCUT2D eigenvalue weighted by molar-refractivity contribution is -0.379. The van der Waals surface area contributed by atoms with E-state index < -0.39 is 124 Å². The first-order valence-corrected chi connectivity index (χ1v) is 25.2. The molecule has 396 valence electrons. The summed E-state index contributed by atoms with van der Waals surface area (Å²) < 4.78 is 34.1. The van der Waals surface area contributed by atoms with E-state index >= 15 is 0 Å². The zero-order valence-corrected chi connectivity index (χ0v) is 40.3. The second kappa shape index (κ2) is 34.4. The maximum atomic E-state index is 13.2. The number of aliphatic hydroxyl groups is 11. The Morgan fingerprint density at radius 2 is 1.01 bits per heavy atom. The van der Waals surface area contributed by atoms with Crippen LogP contribution in [0.5, 0.6) is 0 Å². The van der Waals surface area contributed by atoms with Gasteiger partial charge in [-0.3, -0.25) is 4.79 Å². The maximum Gasteiger partial charge on any atom is 0.220 e. The highest BCUT2D eigenvalue weighted by Crippen LogP contribution is 2.33. The number of unbranched alkanes of at least 4 members (excludes halogenated alkanes) is 12. The molecule has 19 heteroatoms. The number of ether oxygens (including phenoxy) is 6. The predicted octanol–water partition coefficient (Wildman–Crippen LogP) is 1.42. The zero-order chi connectivity index (χ0) is 49.8. The molecule has 17 unspecified atom stereocenters. The van der Waals surface area contributed by atoms with Crippen LogP contribution in [0.2, 0.25) is 0 Å². The van der Waals surface area contributed by atoms with E-state index in [0.29, 0.717) is 12.8 Å². The van der Waals surface area contributed by atoms with Gasteiger partial charge in [-0.2, -0.15) is 0 Å². The third-order valence-corrected chi connectivity index (χ3v) is 12.7. The van der Waals surface area contributed by atoms with Crippen molar-refractivity contribution in [2.24, 2.45) is 0 Å². The van der Waals surface area contributed by atoms with E-state index in [2.05, 4.69) is 55.6 Å². The van der Waals surface area contributed by atoms with Crippen LogP contribution < -0.4 is 5.32 Å².